The van der Waals surface area contributed by atoms with Gasteiger partial charge in [0.1, 0.15) is 78.5 Å². The van der Waals surface area contributed by atoms with E-state index in [0.29, 0.717) is 112 Å². The largest absolute Gasteiger partial charge is 0.368 e. The Bertz CT molecular complexity index is 4020. The zero-order valence-electron chi connectivity index (χ0n) is 79.4. The predicted molar refractivity (Wildman–Crippen MR) is 499 cm³/mol. The summed E-state index contributed by atoms with van der Waals surface area (Å²) in [4.78, 5) is 217. The molecule has 0 aliphatic heterocycles. The summed E-state index contributed by atoms with van der Waals surface area (Å²) in [5.74, 6) is -13.0. The first-order valence-corrected chi connectivity index (χ1v) is 46.3. The van der Waals surface area contributed by atoms with Gasteiger partial charge in [0, 0.05) is 29.9 Å². The summed E-state index contributed by atoms with van der Waals surface area (Å²) in [6.07, 6.45) is 7.85. The second kappa shape index (κ2) is 59.2. The minimum Gasteiger partial charge on any atom is -0.368 e. The Kier molecular flexibility index (Phi) is 51.8. The topological polar surface area (TPSA) is 596 Å². The van der Waals surface area contributed by atoms with Gasteiger partial charge in [0.25, 0.3) is 0 Å². The Labute approximate surface area is 763 Å². The number of para-hydroxylation sites is 1. The molecule has 15 amide bonds. The second-order valence-electron chi connectivity index (χ2n) is 37.2. The van der Waals surface area contributed by atoms with Gasteiger partial charge in [-0.2, -0.15) is 0 Å². The summed E-state index contributed by atoms with van der Waals surface area (Å²) in [6.45, 7) is 23.9. The van der Waals surface area contributed by atoms with Gasteiger partial charge in [0.2, 0.25) is 88.6 Å². The highest BCUT2D eigenvalue weighted by atomic mass is 16.2. The third kappa shape index (κ3) is 42.5. The summed E-state index contributed by atoms with van der Waals surface area (Å²) in [6, 6.07) is -0.840. The Hall–Kier alpha value is -10.2. The molecule has 726 valence electrons. The number of unbranched alkanes of at least 4 members (excludes halogenated alkanes) is 5. The zero-order chi connectivity index (χ0) is 96.8. The maximum atomic E-state index is 15.2. The van der Waals surface area contributed by atoms with Crippen LogP contribution >= 0.6 is 0 Å². The average Bonchev–Trinajstić information content (AvgIpc) is 0.867. The number of nitrogens with one attached hydrogen (secondary N) is 15. The number of rotatable bonds is 64. The van der Waals surface area contributed by atoms with Gasteiger partial charge >= 0.3 is 0 Å². The molecule has 0 saturated carbocycles. The molecule has 0 fully saturated rings. The predicted octanol–water partition coefficient (Wildman–Crippen LogP) is 1.09. The first-order valence-electron chi connectivity index (χ1n) is 46.3. The first-order chi connectivity index (χ1) is 60.9. The van der Waals surface area contributed by atoms with E-state index in [-0.39, 0.29) is 88.6 Å². The lowest BCUT2D eigenvalue weighted by Crippen LogP contribution is -2.61. The molecule has 0 aliphatic rings. The van der Waals surface area contributed by atoms with Crippen LogP contribution < -0.4 is 109 Å². The van der Waals surface area contributed by atoms with Crippen molar-refractivity contribution in [1.29, 1.82) is 0 Å². The van der Waals surface area contributed by atoms with Crippen molar-refractivity contribution in [3.8, 4) is 0 Å². The fourth-order valence-corrected chi connectivity index (χ4v) is 14.7. The van der Waals surface area contributed by atoms with Crippen LogP contribution in [0.4, 0.5) is 0 Å². The molecule has 129 heavy (non-hydrogen) atoms. The number of H-pyrrole nitrogens is 1. The van der Waals surface area contributed by atoms with E-state index in [0.717, 1.165) is 10.9 Å². The van der Waals surface area contributed by atoms with Crippen LogP contribution in [0.3, 0.4) is 0 Å². The van der Waals surface area contributed by atoms with Crippen molar-refractivity contribution in [3.05, 3.63) is 71.9 Å². The minimum absolute atomic E-state index is 0.00557. The lowest BCUT2D eigenvalue weighted by molar-refractivity contribution is -0.870. The van der Waals surface area contributed by atoms with Crippen molar-refractivity contribution >= 4 is 99.5 Å². The van der Waals surface area contributed by atoms with Crippen LogP contribution in [0.25, 0.3) is 10.9 Å². The Morgan fingerprint density at radius 3 is 1.16 bits per heavy atom. The van der Waals surface area contributed by atoms with Gasteiger partial charge in [-0.25, -0.2) is 0 Å². The number of benzene rings is 2. The van der Waals surface area contributed by atoms with Crippen LogP contribution in [0.1, 0.15) is 223 Å². The molecule has 37 heteroatoms. The Morgan fingerprint density at radius 2 is 0.721 bits per heavy atom. The maximum Gasteiger partial charge on any atom is 0.243 e. The minimum atomic E-state index is -1.38. The summed E-state index contributed by atoms with van der Waals surface area (Å²) in [5.41, 5.74) is 37.5. The Balaban J connectivity index is 1.92. The van der Waals surface area contributed by atoms with Crippen LogP contribution in [-0.2, 0) is 84.8 Å². The van der Waals surface area contributed by atoms with Crippen molar-refractivity contribution < 1.29 is 76.4 Å². The van der Waals surface area contributed by atoms with Crippen molar-refractivity contribution in [2.24, 2.45) is 69.9 Å². The van der Waals surface area contributed by atoms with E-state index in [4.69, 9.17) is 34.4 Å². The van der Waals surface area contributed by atoms with Crippen LogP contribution in [0, 0.1) is 35.5 Å². The van der Waals surface area contributed by atoms with E-state index >= 15 is 14.4 Å². The van der Waals surface area contributed by atoms with Crippen LogP contribution in [0.15, 0.2) is 60.8 Å². The SMILES string of the molecule is CC[C@H](C)[C@H](NC(=O)[C@H](CCCCN)NC(=O)[C@H](CCCC[N+](C)(C)C)NC(=O)[C@H](Cc1ccccc1)NC(=O)[C@H](CC(C)C)NC(=O)[C@H](CCCCN)NC(=O)[C@H](Cc1c[nH]c2ccccc12)NC(=O)[C@@H](N)CCCCN)C(=O)NCC(=O)N[C@@H](C)C(=O)N[C@H](C(=O)N[C@@H](CC(C)C)C(=O)N[C@@H](CCCCN)C(=O)N[C@H](C(=O)N[C@@H](CC(C)C)C(N)=O)C(C)C)C(C)C. The molecule has 37 nitrogen and oxygen atoms in total. The number of carbonyl (C=O) groups excluding carboxylic acids is 15. The number of aromatic amines is 1. The number of amides is 15. The molecular weight excluding hydrogens is 1650 g/mol. The number of hydrogen-bond acceptors (Lipinski definition) is 20. The number of hydrogen-bond donors (Lipinski definition) is 21. The molecule has 3 aromatic rings. The van der Waals surface area contributed by atoms with Gasteiger partial charge < -0.3 is 118 Å². The maximum absolute atomic E-state index is 15.2. The van der Waals surface area contributed by atoms with Crippen molar-refractivity contribution in [2.45, 2.75) is 309 Å². The highest BCUT2D eigenvalue weighted by molar-refractivity contribution is 6.01. The third-order valence-electron chi connectivity index (χ3n) is 22.4. The number of primary amides is 1. The third-order valence-corrected chi connectivity index (χ3v) is 22.4. The van der Waals surface area contributed by atoms with E-state index in [9.17, 15) is 57.5 Å². The van der Waals surface area contributed by atoms with Gasteiger partial charge in [-0.3, -0.25) is 71.9 Å². The fraction of sp³-hybridized carbons (Fsp3) is 0.685. The summed E-state index contributed by atoms with van der Waals surface area (Å²) in [5, 5.41) is 39.6. The number of nitrogens with zero attached hydrogens (tertiary/aromatic N) is 1. The molecule has 0 aliphatic carbocycles. The molecule has 1 heterocycles. The van der Waals surface area contributed by atoms with Crippen LogP contribution in [0.2, 0.25) is 0 Å². The molecule has 0 bridgehead atoms. The highest BCUT2D eigenvalue weighted by Gasteiger charge is 2.40. The lowest BCUT2D eigenvalue weighted by Gasteiger charge is -2.29. The first kappa shape index (κ1) is 113. The fourth-order valence-electron chi connectivity index (χ4n) is 14.7. The second-order valence-corrected chi connectivity index (χ2v) is 37.2. The van der Waals surface area contributed by atoms with E-state index in [1.165, 1.54) is 6.92 Å². The normalized spacial score (nSPS) is 15.1. The van der Waals surface area contributed by atoms with Gasteiger partial charge in [-0.1, -0.05) is 144 Å². The number of aromatic nitrogens is 1. The zero-order valence-corrected chi connectivity index (χ0v) is 79.4. The number of quaternary nitrogens is 1. The molecule has 1 aromatic heterocycles. The van der Waals surface area contributed by atoms with Crippen molar-refractivity contribution in [1.82, 2.24) is 79.4 Å². The van der Waals surface area contributed by atoms with E-state index in [1.54, 1.807) is 78.1 Å². The lowest BCUT2D eigenvalue weighted by atomic mass is 9.97. The monoisotopic (exact) mass is 1810 g/mol. The smallest absolute Gasteiger partial charge is 0.243 e. The van der Waals surface area contributed by atoms with Gasteiger partial charge in [0.15, 0.2) is 0 Å². The molecule has 0 saturated heterocycles. The molecule has 0 radical (unpaired) electrons. The number of nitrogens with two attached hydrogens (primary N) is 6. The molecule has 15 atom stereocenters. The molecule has 3 rings (SSSR count). The van der Waals surface area contributed by atoms with Crippen molar-refractivity contribution in [3.63, 3.8) is 0 Å². The van der Waals surface area contributed by atoms with Crippen LogP contribution in [-0.4, -0.2) is 243 Å². The van der Waals surface area contributed by atoms with Gasteiger partial charge in [-0.15, -0.1) is 0 Å². The standard InChI is InChI=1S/C92H158N22O15/c1-17-59(12)78(90(127)100-53-75(115)101-60(13)80(117)111-76(57(8)9)92(129)110-72(49-56(6)7)86(123)105-68(39-25-30-44-95)84(121)112-77(58(10)11)91(128)106-70(79(98)116)47-54(2)3)113-85(122)69(40-26-31-45-96)102-82(119)67(41-27-32-46-114(14,15)16)103-88(125)73(50-61-33-19-18-20-34-61)109-87(124)71(48-55(4)5)108-83(120)66(38-24-29-43-94)104-89(126)74(107-81(118)64(97)36-23-28-42-93)51-62-52-99-65-37-22-21-35-63(62)65/h18-22,33-35,37,52,54-60,64,66-74,76-78,99H,17,23-32,36,38-51,53,93-97H2,1-16H3,(H15-,98,100,101,102,103,104,105,106,107,108,109,110,111,112,113,115,116,117,118,119,120,121,122,123,124,125,126,127,128,129)/p+1/t59-,60-,64-,66-,67-,68-,69-,70-,71-,72-,73-,74-,76-,77-,78-/m0/s1. The average molecular weight is 1810 g/mol. The summed E-state index contributed by atoms with van der Waals surface area (Å²) < 4.78 is 0.585. The molecule has 2 aromatic carbocycles. The molecular formula is C92H159N22O15+. The van der Waals surface area contributed by atoms with Gasteiger partial charge in [-0.05, 0) is 195 Å². The van der Waals surface area contributed by atoms with E-state index in [2.05, 4.69) is 79.4 Å². The molecule has 0 unspecified atom stereocenters. The van der Waals surface area contributed by atoms with E-state index < -0.39 is 197 Å². The molecule has 0 spiro atoms. The van der Waals surface area contributed by atoms with Gasteiger partial charge in [0.05, 0.1) is 40.3 Å². The highest BCUT2D eigenvalue weighted by Crippen LogP contribution is 2.22. The molecule has 27 N–H and O–H groups in total. The van der Waals surface area contributed by atoms with Crippen molar-refractivity contribution in [2.75, 3.05) is 60.4 Å². The van der Waals surface area contributed by atoms with Crippen LogP contribution in [0.5, 0.6) is 0 Å². The Morgan fingerprint density at radius 1 is 0.364 bits per heavy atom. The van der Waals surface area contributed by atoms with E-state index in [1.807, 2.05) is 87.0 Å². The number of carbonyl (C=O) groups is 15. The number of fused-ring (bicyclic) bond motifs is 1. The summed E-state index contributed by atoms with van der Waals surface area (Å²) in [7, 11) is 6.03. The summed E-state index contributed by atoms with van der Waals surface area (Å²) >= 11 is 0. The quantitative estimate of drug-likeness (QED) is 0.0278.